The summed E-state index contributed by atoms with van der Waals surface area (Å²) < 4.78 is 5.04. The molecule has 0 fully saturated rings. The standard InChI is InChI=1S/C36H66O4/c1-3-5-6-7-8-9-10-11-12-13-14-15-16-17-18-19-20-21-22-23-24-25-26-27-28-29-30-31-34(33-35(37)38)36(39)40-32-4-2/h4,23-24,34H,2-3,5-22,25-33H2,1H3,(H,37,38)/b24-23+. The van der Waals surface area contributed by atoms with Crippen LogP contribution in [0.1, 0.15) is 180 Å². The highest BCUT2D eigenvalue weighted by molar-refractivity contribution is 5.79. The highest BCUT2D eigenvalue weighted by Gasteiger charge is 2.22. The molecule has 234 valence electrons. The van der Waals surface area contributed by atoms with Crippen molar-refractivity contribution in [2.24, 2.45) is 5.92 Å². The fourth-order valence-electron chi connectivity index (χ4n) is 5.36. The normalized spacial score (nSPS) is 12.1. The Morgan fingerprint density at radius 2 is 1.00 bits per heavy atom. The van der Waals surface area contributed by atoms with Crippen LogP contribution in [0.25, 0.3) is 0 Å². The van der Waals surface area contributed by atoms with E-state index < -0.39 is 17.9 Å². The summed E-state index contributed by atoms with van der Waals surface area (Å²) in [5.74, 6) is -1.90. The molecule has 0 saturated carbocycles. The Labute approximate surface area is 248 Å². The summed E-state index contributed by atoms with van der Waals surface area (Å²) in [6.45, 7) is 5.95. The Kier molecular flexibility index (Phi) is 30.7. The zero-order chi connectivity index (χ0) is 29.4. The van der Waals surface area contributed by atoms with Crippen molar-refractivity contribution in [2.75, 3.05) is 6.61 Å². The van der Waals surface area contributed by atoms with Gasteiger partial charge in [0.05, 0.1) is 12.3 Å². The topological polar surface area (TPSA) is 63.6 Å². The lowest BCUT2D eigenvalue weighted by Crippen LogP contribution is -2.21. The lowest BCUT2D eigenvalue weighted by Gasteiger charge is -2.13. The molecule has 1 atom stereocenters. The maximum atomic E-state index is 12.0. The molecule has 0 heterocycles. The van der Waals surface area contributed by atoms with Crippen LogP contribution in [-0.4, -0.2) is 23.7 Å². The maximum absolute atomic E-state index is 12.0. The number of carbonyl (C=O) groups excluding carboxylic acids is 1. The molecule has 0 saturated heterocycles. The van der Waals surface area contributed by atoms with E-state index in [1.54, 1.807) is 0 Å². The molecule has 4 nitrogen and oxygen atoms in total. The third-order valence-corrected chi connectivity index (χ3v) is 7.91. The molecule has 0 aromatic carbocycles. The second-order valence-corrected chi connectivity index (χ2v) is 11.8. The highest BCUT2D eigenvalue weighted by Crippen LogP contribution is 2.18. The number of hydrogen-bond acceptors (Lipinski definition) is 3. The van der Waals surface area contributed by atoms with E-state index in [1.165, 1.54) is 141 Å². The van der Waals surface area contributed by atoms with Crippen LogP contribution in [0.3, 0.4) is 0 Å². The highest BCUT2D eigenvalue weighted by atomic mass is 16.5. The SMILES string of the molecule is C=CCOC(=O)C(CCCCCCC/C=C/CCCCCCCCCCCCCCCCCCCC)CC(=O)O. The Hall–Kier alpha value is -1.58. The molecule has 0 radical (unpaired) electrons. The van der Waals surface area contributed by atoms with Crippen LogP contribution in [0, 0.1) is 5.92 Å². The van der Waals surface area contributed by atoms with Crippen molar-refractivity contribution in [3.8, 4) is 0 Å². The first kappa shape index (κ1) is 38.4. The monoisotopic (exact) mass is 562 g/mol. The number of carboxylic acid groups (broad SMARTS) is 1. The molecule has 0 amide bonds. The van der Waals surface area contributed by atoms with Gasteiger partial charge in [-0.3, -0.25) is 9.59 Å². The van der Waals surface area contributed by atoms with Crippen molar-refractivity contribution in [1.29, 1.82) is 0 Å². The maximum Gasteiger partial charge on any atom is 0.309 e. The van der Waals surface area contributed by atoms with Crippen LogP contribution in [0.15, 0.2) is 24.8 Å². The number of unbranched alkanes of at least 4 members (excludes halogenated alkanes) is 23. The molecule has 0 aliphatic carbocycles. The number of carbonyl (C=O) groups is 2. The molecular weight excluding hydrogens is 496 g/mol. The van der Waals surface area contributed by atoms with Crippen LogP contribution in [0.2, 0.25) is 0 Å². The van der Waals surface area contributed by atoms with Gasteiger partial charge in [-0.2, -0.15) is 0 Å². The van der Waals surface area contributed by atoms with Crippen LogP contribution in [-0.2, 0) is 14.3 Å². The molecule has 0 aromatic heterocycles. The van der Waals surface area contributed by atoms with E-state index in [-0.39, 0.29) is 13.0 Å². The average molecular weight is 563 g/mol. The minimum atomic E-state index is -0.947. The third-order valence-electron chi connectivity index (χ3n) is 7.91. The number of esters is 1. The second kappa shape index (κ2) is 31.9. The number of ether oxygens (including phenoxy) is 1. The van der Waals surface area contributed by atoms with Crippen molar-refractivity contribution in [2.45, 2.75) is 180 Å². The first-order valence-electron chi connectivity index (χ1n) is 17.3. The van der Waals surface area contributed by atoms with Crippen molar-refractivity contribution < 1.29 is 19.4 Å². The van der Waals surface area contributed by atoms with E-state index in [2.05, 4.69) is 25.7 Å². The zero-order valence-corrected chi connectivity index (χ0v) is 26.5. The van der Waals surface area contributed by atoms with E-state index in [0.717, 1.165) is 25.7 Å². The van der Waals surface area contributed by atoms with Gasteiger partial charge in [-0.05, 0) is 32.1 Å². The van der Waals surface area contributed by atoms with Crippen molar-refractivity contribution in [1.82, 2.24) is 0 Å². The van der Waals surface area contributed by atoms with Gasteiger partial charge in [0.15, 0.2) is 0 Å². The van der Waals surface area contributed by atoms with E-state index in [1.807, 2.05) is 0 Å². The quantitative estimate of drug-likeness (QED) is 0.0503. The summed E-state index contributed by atoms with van der Waals surface area (Å²) in [5, 5.41) is 9.03. The predicted octanol–water partition coefficient (Wildman–Crippen LogP) is 11.5. The molecule has 40 heavy (non-hydrogen) atoms. The van der Waals surface area contributed by atoms with Crippen molar-refractivity contribution in [3.63, 3.8) is 0 Å². The van der Waals surface area contributed by atoms with Gasteiger partial charge in [-0.15, -0.1) is 0 Å². The Morgan fingerprint density at radius 1 is 0.625 bits per heavy atom. The minimum Gasteiger partial charge on any atom is -0.481 e. The van der Waals surface area contributed by atoms with Crippen molar-refractivity contribution in [3.05, 3.63) is 24.8 Å². The Balaban J connectivity index is 3.36. The van der Waals surface area contributed by atoms with Gasteiger partial charge in [0.1, 0.15) is 6.61 Å². The van der Waals surface area contributed by atoms with Gasteiger partial charge in [0.2, 0.25) is 0 Å². The molecule has 0 aliphatic heterocycles. The molecule has 1 N–H and O–H groups in total. The first-order chi connectivity index (χ1) is 19.6. The number of rotatable bonds is 32. The second-order valence-electron chi connectivity index (χ2n) is 11.8. The van der Waals surface area contributed by atoms with E-state index in [4.69, 9.17) is 9.84 Å². The fourth-order valence-corrected chi connectivity index (χ4v) is 5.36. The molecule has 4 heteroatoms. The number of carboxylic acids is 1. The third kappa shape index (κ3) is 29.4. The number of allylic oxidation sites excluding steroid dienone is 2. The summed E-state index contributed by atoms with van der Waals surface area (Å²) in [6.07, 6.45) is 40.1. The Bertz CT molecular complexity index is 598. The fraction of sp³-hybridized carbons (Fsp3) is 0.833. The summed E-state index contributed by atoms with van der Waals surface area (Å²) in [4.78, 5) is 23.0. The molecule has 0 bridgehead atoms. The lowest BCUT2D eigenvalue weighted by molar-refractivity contribution is -0.152. The van der Waals surface area contributed by atoms with E-state index >= 15 is 0 Å². The first-order valence-corrected chi connectivity index (χ1v) is 17.3. The Morgan fingerprint density at radius 3 is 1.38 bits per heavy atom. The van der Waals surface area contributed by atoms with Gasteiger partial charge < -0.3 is 9.84 Å². The van der Waals surface area contributed by atoms with Gasteiger partial charge >= 0.3 is 11.9 Å². The van der Waals surface area contributed by atoms with Gasteiger partial charge in [0, 0.05) is 0 Å². The van der Waals surface area contributed by atoms with Gasteiger partial charge in [-0.25, -0.2) is 0 Å². The molecular formula is C36H66O4. The van der Waals surface area contributed by atoms with Gasteiger partial charge in [-0.1, -0.05) is 167 Å². The molecule has 0 rings (SSSR count). The lowest BCUT2D eigenvalue weighted by atomic mass is 9.97. The van der Waals surface area contributed by atoms with Crippen molar-refractivity contribution >= 4 is 11.9 Å². The zero-order valence-electron chi connectivity index (χ0n) is 26.5. The molecule has 1 unspecified atom stereocenters. The molecule has 0 aromatic rings. The van der Waals surface area contributed by atoms with E-state index in [9.17, 15) is 9.59 Å². The number of hydrogen-bond donors (Lipinski definition) is 1. The van der Waals surface area contributed by atoms with Crippen LogP contribution < -0.4 is 0 Å². The molecule has 0 spiro atoms. The summed E-state index contributed by atoms with van der Waals surface area (Å²) in [5.41, 5.74) is 0. The van der Waals surface area contributed by atoms with Gasteiger partial charge in [0.25, 0.3) is 0 Å². The molecule has 0 aliphatic rings. The van der Waals surface area contributed by atoms with E-state index in [0.29, 0.717) is 6.42 Å². The summed E-state index contributed by atoms with van der Waals surface area (Å²) in [7, 11) is 0. The largest absolute Gasteiger partial charge is 0.481 e. The smallest absolute Gasteiger partial charge is 0.309 e. The minimum absolute atomic E-state index is 0.141. The van der Waals surface area contributed by atoms with Crippen LogP contribution in [0.5, 0.6) is 0 Å². The van der Waals surface area contributed by atoms with Crippen LogP contribution in [0.4, 0.5) is 0 Å². The summed E-state index contributed by atoms with van der Waals surface area (Å²) >= 11 is 0. The predicted molar refractivity (Wildman–Crippen MR) is 172 cm³/mol. The van der Waals surface area contributed by atoms with Crippen LogP contribution >= 0.6 is 0 Å². The summed E-state index contributed by atoms with van der Waals surface area (Å²) in [6, 6.07) is 0. The average Bonchev–Trinajstić information content (AvgIpc) is 2.94. The number of aliphatic carboxylic acids is 1.